The average molecular weight is 291 g/mol. The monoisotopic (exact) mass is 291 g/mol. The second-order valence-electron chi connectivity index (χ2n) is 5.46. The van der Waals surface area contributed by atoms with E-state index in [4.69, 9.17) is 4.74 Å². The second kappa shape index (κ2) is 5.63. The van der Waals surface area contributed by atoms with Gasteiger partial charge in [-0.25, -0.2) is 8.78 Å². The van der Waals surface area contributed by atoms with Gasteiger partial charge in [0.05, 0.1) is 31.1 Å². The number of aliphatic hydroxyl groups excluding tert-OH is 1. The van der Waals surface area contributed by atoms with E-state index >= 15 is 0 Å². The number of alkyl halides is 2. The van der Waals surface area contributed by atoms with Gasteiger partial charge >= 0.3 is 5.97 Å². The van der Waals surface area contributed by atoms with E-state index in [1.54, 1.807) is 6.92 Å². The summed E-state index contributed by atoms with van der Waals surface area (Å²) in [4.78, 5) is 25.2. The van der Waals surface area contributed by atoms with Crippen LogP contribution in [0.3, 0.4) is 0 Å². The van der Waals surface area contributed by atoms with Crippen LogP contribution in [0.2, 0.25) is 0 Å². The van der Waals surface area contributed by atoms with E-state index in [0.29, 0.717) is 0 Å². The molecule has 3 atom stereocenters. The van der Waals surface area contributed by atoms with Crippen molar-refractivity contribution in [3.63, 3.8) is 0 Å². The highest BCUT2D eigenvalue weighted by molar-refractivity contribution is 5.86. The van der Waals surface area contributed by atoms with E-state index in [0.717, 1.165) is 4.90 Å². The second-order valence-corrected chi connectivity index (χ2v) is 5.46. The minimum atomic E-state index is -2.85. The molecular formula is C13H19F2NO4. The van der Waals surface area contributed by atoms with Crippen LogP contribution in [-0.2, 0) is 14.3 Å². The molecule has 1 amide bonds. The van der Waals surface area contributed by atoms with Crippen LogP contribution in [0.25, 0.3) is 0 Å². The number of amides is 1. The largest absolute Gasteiger partial charge is 0.466 e. The molecule has 1 aliphatic heterocycles. The fourth-order valence-corrected chi connectivity index (χ4v) is 2.95. The molecule has 2 aliphatic rings. The van der Waals surface area contributed by atoms with E-state index in [-0.39, 0.29) is 32.4 Å². The molecule has 1 heterocycles. The highest BCUT2D eigenvalue weighted by Crippen LogP contribution is 2.36. The van der Waals surface area contributed by atoms with Crippen molar-refractivity contribution in [3.8, 4) is 0 Å². The summed E-state index contributed by atoms with van der Waals surface area (Å²) < 4.78 is 31.2. The SMILES string of the molecule is CCOC(=O)[C@@H]1C[C@H](O)C[C@H]1C(=O)N1CCC(F)(F)C1. The van der Waals surface area contributed by atoms with Gasteiger partial charge in [0.1, 0.15) is 0 Å². The lowest BCUT2D eigenvalue weighted by Gasteiger charge is -2.23. The molecule has 1 N–H and O–H groups in total. The van der Waals surface area contributed by atoms with E-state index < -0.39 is 42.3 Å². The number of hydrogen-bond acceptors (Lipinski definition) is 4. The van der Waals surface area contributed by atoms with Crippen LogP contribution in [0.5, 0.6) is 0 Å². The number of likely N-dealkylation sites (tertiary alicyclic amines) is 1. The third-order valence-corrected chi connectivity index (χ3v) is 3.93. The maximum absolute atomic E-state index is 13.2. The quantitative estimate of drug-likeness (QED) is 0.781. The minimum absolute atomic E-state index is 0.00598. The smallest absolute Gasteiger partial charge is 0.309 e. The summed E-state index contributed by atoms with van der Waals surface area (Å²) in [5, 5.41) is 9.65. The molecule has 0 aromatic heterocycles. The number of esters is 1. The first kappa shape index (κ1) is 15.2. The van der Waals surface area contributed by atoms with Gasteiger partial charge in [0, 0.05) is 13.0 Å². The Morgan fingerprint density at radius 1 is 1.35 bits per heavy atom. The summed E-state index contributed by atoms with van der Waals surface area (Å²) in [6, 6.07) is 0. The molecule has 5 nitrogen and oxygen atoms in total. The summed E-state index contributed by atoms with van der Waals surface area (Å²) in [7, 11) is 0. The zero-order valence-electron chi connectivity index (χ0n) is 11.3. The van der Waals surface area contributed by atoms with Crippen molar-refractivity contribution in [1.29, 1.82) is 0 Å². The van der Waals surface area contributed by atoms with Gasteiger partial charge in [0.15, 0.2) is 0 Å². The summed E-state index contributed by atoms with van der Waals surface area (Å²) in [5.74, 6) is -5.35. The number of carbonyl (C=O) groups is 2. The third kappa shape index (κ3) is 3.08. The van der Waals surface area contributed by atoms with Crippen molar-refractivity contribution in [2.45, 2.75) is 38.2 Å². The summed E-state index contributed by atoms with van der Waals surface area (Å²) >= 11 is 0. The van der Waals surface area contributed by atoms with Crippen molar-refractivity contribution in [3.05, 3.63) is 0 Å². The number of rotatable bonds is 3. The number of carbonyl (C=O) groups excluding carboxylic acids is 2. The van der Waals surface area contributed by atoms with Gasteiger partial charge in [-0.1, -0.05) is 0 Å². The summed E-state index contributed by atoms with van der Waals surface area (Å²) in [6.07, 6.45) is -0.830. The molecule has 0 aromatic carbocycles. The van der Waals surface area contributed by atoms with E-state index in [2.05, 4.69) is 0 Å². The molecule has 20 heavy (non-hydrogen) atoms. The van der Waals surface area contributed by atoms with Gasteiger partial charge in [0.2, 0.25) is 5.91 Å². The van der Waals surface area contributed by atoms with Crippen molar-refractivity contribution in [2.24, 2.45) is 11.8 Å². The summed E-state index contributed by atoms with van der Waals surface area (Å²) in [5.41, 5.74) is 0. The average Bonchev–Trinajstić information content (AvgIpc) is 2.92. The van der Waals surface area contributed by atoms with Crippen LogP contribution < -0.4 is 0 Å². The molecular weight excluding hydrogens is 272 g/mol. The molecule has 2 rings (SSSR count). The van der Waals surface area contributed by atoms with E-state index in [1.165, 1.54) is 0 Å². The summed E-state index contributed by atoms with van der Waals surface area (Å²) in [6.45, 7) is 1.23. The van der Waals surface area contributed by atoms with Crippen LogP contribution in [0.15, 0.2) is 0 Å². The number of halogens is 2. The van der Waals surface area contributed by atoms with Crippen LogP contribution in [0.4, 0.5) is 8.78 Å². The molecule has 1 aliphatic carbocycles. The molecule has 114 valence electrons. The normalized spacial score (nSPS) is 32.4. The number of ether oxygens (including phenoxy) is 1. The Bertz CT molecular complexity index is 402. The van der Waals surface area contributed by atoms with Crippen molar-refractivity contribution in [2.75, 3.05) is 19.7 Å². The van der Waals surface area contributed by atoms with Gasteiger partial charge in [-0.3, -0.25) is 9.59 Å². The Morgan fingerprint density at radius 3 is 2.55 bits per heavy atom. The Kier molecular flexibility index (Phi) is 4.27. The van der Waals surface area contributed by atoms with Crippen LogP contribution in [0.1, 0.15) is 26.2 Å². The fourth-order valence-electron chi connectivity index (χ4n) is 2.95. The van der Waals surface area contributed by atoms with E-state index in [1.807, 2.05) is 0 Å². The molecule has 0 aromatic rings. The lowest BCUT2D eigenvalue weighted by molar-refractivity contribution is -0.153. The van der Waals surface area contributed by atoms with Crippen molar-refractivity contribution in [1.82, 2.24) is 4.90 Å². The lowest BCUT2D eigenvalue weighted by atomic mass is 9.95. The van der Waals surface area contributed by atoms with Crippen LogP contribution in [-0.4, -0.2) is 53.6 Å². The van der Waals surface area contributed by atoms with Crippen LogP contribution in [0, 0.1) is 11.8 Å². The fraction of sp³-hybridized carbons (Fsp3) is 0.846. The molecule has 0 bridgehead atoms. The van der Waals surface area contributed by atoms with E-state index in [9.17, 15) is 23.5 Å². The Morgan fingerprint density at radius 2 is 2.00 bits per heavy atom. The molecule has 1 saturated carbocycles. The number of aliphatic hydroxyl groups is 1. The van der Waals surface area contributed by atoms with Gasteiger partial charge < -0.3 is 14.7 Å². The Balaban J connectivity index is 2.05. The number of nitrogens with zero attached hydrogens (tertiary/aromatic N) is 1. The first-order chi connectivity index (χ1) is 9.34. The predicted molar refractivity (Wildman–Crippen MR) is 65.0 cm³/mol. The van der Waals surface area contributed by atoms with Gasteiger partial charge in [-0.05, 0) is 19.8 Å². The highest BCUT2D eigenvalue weighted by atomic mass is 19.3. The van der Waals surface area contributed by atoms with Crippen molar-refractivity contribution < 1.29 is 28.2 Å². The zero-order chi connectivity index (χ0) is 14.9. The van der Waals surface area contributed by atoms with Crippen molar-refractivity contribution >= 4 is 11.9 Å². The van der Waals surface area contributed by atoms with Gasteiger partial charge in [0.25, 0.3) is 5.92 Å². The zero-order valence-corrected chi connectivity index (χ0v) is 11.3. The molecule has 0 radical (unpaired) electrons. The van der Waals surface area contributed by atoms with Gasteiger partial charge in [-0.15, -0.1) is 0 Å². The minimum Gasteiger partial charge on any atom is -0.466 e. The maximum atomic E-state index is 13.2. The maximum Gasteiger partial charge on any atom is 0.309 e. The molecule has 2 fully saturated rings. The third-order valence-electron chi connectivity index (χ3n) is 3.93. The lowest BCUT2D eigenvalue weighted by Crippen LogP contribution is -2.39. The van der Waals surface area contributed by atoms with Crippen LogP contribution >= 0.6 is 0 Å². The first-order valence-electron chi connectivity index (χ1n) is 6.85. The number of hydrogen-bond donors (Lipinski definition) is 1. The molecule has 7 heteroatoms. The molecule has 0 spiro atoms. The first-order valence-corrected chi connectivity index (χ1v) is 6.85. The molecule has 0 unspecified atom stereocenters. The predicted octanol–water partition coefficient (Wildman–Crippen LogP) is 0.804. The standard InChI is InChI=1S/C13H19F2NO4/c1-2-20-12(19)10-6-8(17)5-9(10)11(18)16-4-3-13(14,15)7-16/h8-10,17H,2-7H2,1H3/t8-,9-,10-/m1/s1. The highest BCUT2D eigenvalue weighted by Gasteiger charge is 2.48. The molecule has 1 saturated heterocycles. The topological polar surface area (TPSA) is 66.8 Å². The Hall–Kier alpha value is -1.24. The Labute approximate surface area is 115 Å². The van der Waals surface area contributed by atoms with Gasteiger partial charge in [-0.2, -0.15) is 0 Å².